The predicted octanol–water partition coefficient (Wildman–Crippen LogP) is 0.0225. The Balaban J connectivity index is 2.07. The standard InChI is InChI=1S/C10H17N3O2/c1-2-3-5-13-9(14)8-7-11-4-6-12(8)10(13)15/h8,11H,2-7H2,1H3. The normalized spacial score (nSPS) is 26.1. The molecule has 2 rings (SSSR count). The number of fused-ring (bicyclic) bond motifs is 1. The average Bonchev–Trinajstić information content (AvgIpc) is 2.51. The van der Waals surface area contributed by atoms with E-state index in [2.05, 4.69) is 12.2 Å². The summed E-state index contributed by atoms with van der Waals surface area (Å²) in [6.07, 6.45) is 1.89. The number of piperazine rings is 1. The van der Waals surface area contributed by atoms with Crippen LogP contribution in [0.2, 0.25) is 0 Å². The molecule has 84 valence electrons. The van der Waals surface area contributed by atoms with Gasteiger partial charge in [-0.2, -0.15) is 0 Å². The molecule has 0 aromatic rings. The van der Waals surface area contributed by atoms with E-state index in [1.807, 2.05) is 0 Å². The molecule has 5 nitrogen and oxygen atoms in total. The van der Waals surface area contributed by atoms with E-state index in [-0.39, 0.29) is 18.0 Å². The summed E-state index contributed by atoms with van der Waals surface area (Å²) in [6, 6.07) is -0.344. The van der Waals surface area contributed by atoms with Gasteiger partial charge in [0.15, 0.2) is 0 Å². The minimum absolute atomic E-state index is 0.0272. The maximum Gasteiger partial charge on any atom is 0.327 e. The van der Waals surface area contributed by atoms with Gasteiger partial charge in [-0.15, -0.1) is 0 Å². The summed E-state index contributed by atoms with van der Waals surface area (Å²) in [5.41, 5.74) is 0. The Morgan fingerprint density at radius 3 is 2.93 bits per heavy atom. The zero-order valence-corrected chi connectivity index (χ0v) is 9.03. The first-order valence-corrected chi connectivity index (χ1v) is 5.58. The number of hydrogen-bond donors (Lipinski definition) is 1. The molecule has 0 aromatic carbocycles. The molecule has 1 unspecified atom stereocenters. The number of nitrogens with zero attached hydrogens (tertiary/aromatic N) is 2. The molecule has 2 fully saturated rings. The molecule has 1 N–H and O–H groups in total. The zero-order valence-electron chi connectivity index (χ0n) is 9.03. The number of carbonyl (C=O) groups excluding carboxylic acids is 2. The highest BCUT2D eigenvalue weighted by Gasteiger charge is 2.45. The number of hydrogen-bond acceptors (Lipinski definition) is 3. The highest BCUT2D eigenvalue weighted by atomic mass is 16.2. The van der Waals surface area contributed by atoms with E-state index in [1.54, 1.807) is 4.90 Å². The fourth-order valence-electron chi connectivity index (χ4n) is 2.11. The summed E-state index contributed by atoms with van der Waals surface area (Å²) in [7, 11) is 0. The highest BCUT2D eigenvalue weighted by Crippen LogP contribution is 2.19. The number of carbonyl (C=O) groups is 2. The molecule has 0 radical (unpaired) electrons. The number of rotatable bonds is 3. The van der Waals surface area contributed by atoms with Crippen molar-refractivity contribution in [3.8, 4) is 0 Å². The minimum Gasteiger partial charge on any atom is -0.312 e. The predicted molar refractivity (Wildman–Crippen MR) is 55.4 cm³/mol. The smallest absolute Gasteiger partial charge is 0.312 e. The highest BCUT2D eigenvalue weighted by molar-refractivity contribution is 6.04. The Morgan fingerprint density at radius 2 is 2.27 bits per heavy atom. The van der Waals surface area contributed by atoms with E-state index in [0.29, 0.717) is 19.6 Å². The van der Waals surface area contributed by atoms with Gasteiger partial charge >= 0.3 is 6.03 Å². The van der Waals surface area contributed by atoms with Gasteiger partial charge in [0.25, 0.3) is 5.91 Å². The van der Waals surface area contributed by atoms with Crippen molar-refractivity contribution < 1.29 is 9.59 Å². The first kappa shape index (κ1) is 10.4. The second-order valence-corrected chi connectivity index (χ2v) is 4.04. The van der Waals surface area contributed by atoms with E-state index >= 15 is 0 Å². The van der Waals surface area contributed by atoms with Crippen LogP contribution in [-0.2, 0) is 4.79 Å². The third-order valence-corrected chi connectivity index (χ3v) is 3.01. The Kier molecular flexibility index (Phi) is 2.90. The van der Waals surface area contributed by atoms with Crippen LogP contribution < -0.4 is 5.32 Å². The van der Waals surface area contributed by atoms with Crippen LogP contribution in [0.4, 0.5) is 4.79 Å². The molecule has 0 aliphatic carbocycles. The molecule has 2 heterocycles. The van der Waals surface area contributed by atoms with Crippen molar-refractivity contribution in [2.75, 3.05) is 26.2 Å². The first-order chi connectivity index (χ1) is 7.25. The van der Waals surface area contributed by atoms with Crippen LogP contribution in [0.5, 0.6) is 0 Å². The van der Waals surface area contributed by atoms with E-state index in [0.717, 1.165) is 19.4 Å². The summed E-state index contributed by atoms with van der Waals surface area (Å²) in [6.45, 7) is 4.67. The van der Waals surface area contributed by atoms with Crippen molar-refractivity contribution in [2.45, 2.75) is 25.8 Å². The van der Waals surface area contributed by atoms with Gasteiger partial charge in [0.2, 0.25) is 0 Å². The van der Waals surface area contributed by atoms with Gasteiger partial charge in [0.05, 0.1) is 0 Å². The van der Waals surface area contributed by atoms with Gasteiger partial charge in [-0.3, -0.25) is 9.69 Å². The largest absolute Gasteiger partial charge is 0.327 e. The monoisotopic (exact) mass is 211 g/mol. The molecule has 0 saturated carbocycles. The molecule has 0 aromatic heterocycles. The summed E-state index contributed by atoms with van der Waals surface area (Å²) in [5.74, 6) is -0.0272. The SMILES string of the molecule is CCCCN1C(=O)C2CNCCN2C1=O. The van der Waals surface area contributed by atoms with E-state index < -0.39 is 0 Å². The van der Waals surface area contributed by atoms with E-state index in [1.165, 1.54) is 4.90 Å². The molecular weight excluding hydrogens is 194 g/mol. The zero-order chi connectivity index (χ0) is 10.8. The molecule has 0 spiro atoms. The molecule has 0 bridgehead atoms. The van der Waals surface area contributed by atoms with Crippen molar-refractivity contribution in [1.29, 1.82) is 0 Å². The number of amides is 3. The molecule has 2 aliphatic heterocycles. The number of unbranched alkanes of at least 4 members (excludes halogenated alkanes) is 1. The van der Waals surface area contributed by atoms with Gasteiger partial charge in [-0.05, 0) is 6.42 Å². The van der Waals surface area contributed by atoms with Crippen LogP contribution in [0.25, 0.3) is 0 Å². The van der Waals surface area contributed by atoms with Crippen molar-refractivity contribution in [1.82, 2.24) is 15.1 Å². The molecule has 15 heavy (non-hydrogen) atoms. The van der Waals surface area contributed by atoms with Crippen LogP contribution >= 0.6 is 0 Å². The molecular formula is C10H17N3O2. The van der Waals surface area contributed by atoms with Crippen molar-refractivity contribution in [3.63, 3.8) is 0 Å². The van der Waals surface area contributed by atoms with Crippen LogP contribution in [0.15, 0.2) is 0 Å². The fraction of sp³-hybridized carbons (Fsp3) is 0.800. The lowest BCUT2D eigenvalue weighted by Crippen LogP contribution is -2.51. The number of urea groups is 1. The Morgan fingerprint density at radius 1 is 1.47 bits per heavy atom. The molecule has 5 heteroatoms. The lowest BCUT2D eigenvalue weighted by Gasteiger charge is -2.26. The van der Waals surface area contributed by atoms with Crippen LogP contribution in [0, 0.1) is 0 Å². The van der Waals surface area contributed by atoms with Gasteiger partial charge in [-0.25, -0.2) is 4.79 Å². The van der Waals surface area contributed by atoms with Gasteiger partial charge in [-0.1, -0.05) is 13.3 Å². The number of nitrogens with one attached hydrogen (secondary N) is 1. The summed E-state index contributed by atoms with van der Waals surface area (Å²) in [4.78, 5) is 26.8. The third-order valence-electron chi connectivity index (χ3n) is 3.01. The van der Waals surface area contributed by atoms with Crippen molar-refractivity contribution in [2.24, 2.45) is 0 Å². The topological polar surface area (TPSA) is 52.7 Å². The van der Waals surface area contributed by atoms with Gasteiger partial charge in [0.1, 0.15) is 6.04 Å². The summed E-state index contributed by atoms with van der Waals surface area (Å²) in [5, 5.41) is 3.14. The van der Waals surface area contributed by atoms with Crippen LogP contribution in [0.3, 0.4) is 0 Å². The molecule has 3 amide bonds. The Bertz CT molecular complexity index is 256. The number of imide groups is 1. The second kappa shape index (κ2) is 4.18. The lowest BCUT2D eigenvalue weighted by atomic mass is 10.2. The Labute approximate surface area is 89.4 Å². The second-order valence-electron chi connectivity index (χ2n) is 4.04. The van der Waals surface area contributed by atoms with Gasteiger partial charge < -0.3 is 10.2 Å². The molecule has 1 atom stereocenters. The minimum atomic E-state index is -0.247. The van der Waals surface area contributed by atoms with Crippen LogP contribution in [-0.4, -0.2) is 54.0 Å². The summed E-state index contributed by atoms with van der Waals surface area (Å²) < 4.78 is 0. The van der Waals surface area contributed by atoms with E-state index in [9.17, 15) is 9.59 Å². The van der Waals surface area contributed by atoms with E-state index in [4.69, 9.17) is 0 Å². The summed E-state index contributed by atoms with van der Waals surface area (Å²) >= 11 is 0. The fourth-order valence-corrected chi connectivity index (χ4v) is 2.11. The van der Waals surface area contributed by atoms with Crippen molar-refractivity contribution in [3.05, 3.63) is 0 Å². The first-order valence-electron chi connectivity index (χ1n) is 5.58. The lowest BCUT2D eigenvalue weighted by molar-refractivity contribution is -0.128. The molecule has 2 aliphatic rings. The molecule has 2 saturated heterocycles. The quantitative estimate of drug-likeness (QED) is 0.670. The van der Waals surface area contributed by atoms with Crippen molar-refractivity contribution >= 4 is 11.9 Å². The third kappa shape index (κ3) is 1.71. The van der Waals surface area contributed by atoms with Gasteiger partial charge in [0, 0.05) is 26.2 Å². The maximum absolute atomic E-state index is 11.9. The Hall–Kier alpha value is -1.10. The maximum atomic E-state index is 11.9. The van der Waals surface area contributed by atoms with Crippen LogP contribution in [0.1, 0.15) is 19.8 Å². The average molecular weight is 211 g/mol.